The molecule has 0 aliphatic carbocycles. The maximum absolute atomic E-state index is 12.3. The molecule has 1 aromatic carbocycles. The van der Waals surface area contributed by atoms with Crippen LogP contribution in [-0.2, 0) is 9.59 Å². The molecule has 1 aliphatic heterocycles. The highest BCUT2D eigenvalue weighted by atomic mass is 35.5. The van der Waals surface area contributed by atoms with Crippen molar-refractivity contribution in [1.82, 2.24) is 10.3 Å². The number of hydrogen-bond donors (Lipinski definition) is 1. The van der Waals surface area contributed by atoms with Gasteiger partial charge in [0.15, 0.2) is 6.61 Å². The van der Waals surface area contributed by atoms with Crippen LogP contribution in [0.5, 0.6) is 5.75 Å². The van der Waals surface area contributed by atoms with Crippen LogP contribution in [0.25, 0.3) is 0 Å². The number of nitrogens with zero attached hydrogens (tertiary/aromatic N) is 2. The first kappa shape index (κ1) is 16.3. The summed E-state index contributed by atoms with van der Waals surface area (Å²) in [6.07, 6.45) is 3.34. The summed E-state index contributed by atoms with van der Waals surface area (Å²) in [6.45, 7) is 1.69. The van der Waals surface area contributed by atoms with Crippen LogP contribution >= 0.6 is 11.6 Å². The number of ether oxygens (including phenoxy) is 1. The molecule has 1 aliphatic rings. The molecular formula is C17H16ClN3O3. The Labute approximate surface area is 144 Å². The van der Waals surface area contributed by atoms with Gasteiger partial charge >= 0.3 is 0 Å². The Kier molecular flexibility index (Phi) is 4.66. The van der Waals surface area contributed by atoms with Crippen molar-refractivity contribution in [2.45, 2.75) is 13.0 Å². The van der Waals surface area contributed by atoms with Crippen molar-refractivity contribution in [3.63, 3.8) is 0 Å². The molecule has 0 radical (unpaired) electrons. The number of benzene rings is 1. The van der Waals surface area contributed by atoms with Gasteiger partial charge in [-0.15, -0.1) is 0 Å². The van der Waals surface area contributed by atoms with Crippen LogP contribution in [0.15, 0.2) is 42.7 Å². The fourth-order valence-electron chi connectivity index (χ4n) is 2.51. The van der Waals surface area contributed by atoms with E-state index in [-0.39, 0.29) is 31.0 Å². The highest BCUT2D eigenvalue weighted by molar-refractivity contribution is 6.31. The molecule has 2 heterocycles. The second-order valence-corrected chi connectivity index (χ2v) is 5.89. The molecule has 24 heavy (non-hydrogen) atoms. The molecule has 2 amide bonds. The van der Waals surface area contributed by atoms with Crippen LogP contribution in [0.3, 0.4) is 0 Å². The Morgan fingerprint density at radius 1 is 1.38 bits per heavy atom. The quantitative estimate of drug-likeness (QED) is 0.923. The van der Waals surface area contributed by atoms with Crippen molar-refractivity contribution in [3.05, 3.63) is 53.3 Å². The second kappa shape index (κ2) is 6.88. The molecule has 0 spiro atoms. The summed E-state index contributed by atoms with van der Waals surface area (Å²) in [7, 11) is 0. The number of hydrogen-bond acceptors (Lipinski definition) is 4. The Bertz CT molecular complexity index is 767. The Morgan fingerprint density at radius 3 is 2.88 bits per heavy atom. The SMILES string of the molecule is C[C@H](NC(=O)CN1C(=O)COc2ccc(Cl)cc21)c1ccncc1. The Hall–Kier alpha value is -2.60. The smallest absolute Gasteiger partial charge is 0.265 e. The number of aromatic nitrogens is 1. The molecule has 1 atom stereocenters. The standard InChI is InChI=1S/C17H16ClN3O3/c1-11(12-4-6-19-7-5-12)20-16(22)9-21-14-8-13(18)2-3-15(14)24-10-17(21)23/h2-8,11H,9-10H2,1H3,(H,20,22)/t11-/m0/s1. The van der Waals surface area contributed by atoms with Crippen LogP contribution < -0.4 is 15.0 Å². The largest absolute Gasteiger partial charge is 0.482 e. The van der Waals surface area contributed by atoms with Gasteiger partial charge in [0, 0.05) is 17.4 Å². The topological polar surface area (TPSA) is 71.5 Å². The zero-order valence-electron chi connectivity index (χ0n) is 13.0. The van der Waals surface area contributed by atoms with Gasteiger partial charge in [-0.25, -0.2) is 0 Å². The van der Waals surface area contributed by atoms with Gasteiger partial charge in [0.05, 0.1) is 11.7 Å². The molecule has 0 fully saturated rings. The number of nitrogens with one attached hydrogen (secondary N) is 1. The van der Waals surface area contributed by atoms with Crippen molar-refractivity contribution >= 4 is 29.1 Å². The van der Waals surface area contributed by atoms with Crippen molar-refractivity contribution in [3.8, 4) is 5.75 Å². The minimum absolute atomic E-state index is 0.0923. The Balaban J connectivity index is 1.72. The van der Waals surface area contributed by atoms with Crippen LogP contribution in [0, 0.1) is 0 Å². The first-order chi connectivity index (χ1) is 11.5. The van der Waals surface area contributed by atoms with Crippen molar-refractivity contribution in [1.29, 1.82) is 0 Å². The fraction of sp³-hybridized carbons (Fsp3) is 0.235. The molecule has 124 valence electrons. The predicted octanol–water partition coefficient (Wildman–Crippen LogP) is 2.34. The number of fused-ring (bicyclic) bond motifs is 1. The molecule has 0 unspecified atom stereocenters. The number of amides is 2. The fourth-order valence-corrected chi connectivity index (χ4v) is 2.68. The zero-order chi connectivity index (χ0) is 17.1. The number of carbonyl (C=O) groups is 2. The lowest BCUT2D eigenvalue weighted by Crippen LogP contribution is -2.45. The van der Waals surface area contributed by atoms with Gasteiger partial charge in [-0.05, 0) is 42.8 Å². The van der Waals surface area contributed by atoms with E-state index in [0.29, 0.717) is 16.5 Å². The van der Waals surface area contributed by atoms with Crippen molar-refractivity contribution in [2.75, 3.05) is 18.1 Å². The third kappa shape index (κ3) is 3.49. The van der Waals surface area contributed by atoms with E-state index in [1.807, 2.05) is 19.1 Å². The van der Waals surface area contributed by atoms with E-state index >= 15 is 0 Å². The molecule has 1 aromatic heterocycles. The normalized spacial score (nSPS) is 14.6. The number of rotatable bonds is 4. The molecule has 6 nitrogen and oxygen atoms in total. The van der Waals surface area contributed by atoms with E-state index in [9.17, 15) is 9.59 Å². The first-order valence-corrected chi connectivity index (χ1v) is 7.84. The van der Waals surface area contributed by atoms with Gasteiger partial charge in [0.2, 0.25) is 5.91 Å². The third-order valence-corrected chi connectivity index (χ3v) is 3.98. The van der Waals surface area contributed by atoms with E-state index in [1.54, 1.807) is 30.6 Å². The minimum atomic E-state index is -0.281. The van der Waals surface area contributed by atoms with Gasteiger partial charge < -0.3 is 10.1 Å². The summed E-state index contributed by atoms with van der Waals surface area (Å²) in [6, 6.07) is 8.47. The summed E-state index contributed by atoms with van der Waals surface area (Å²) in [5.41, 5.74) is 1.44. The molecule has 2 aromatic rings. The molecule has 0 bridgehead atoms. The van der Waals surface area contributed by atoms with Gasteiger partial charge in [-0.1, -0.05) is 11.6 Å². The van der Waals surface area contributed by atoms with Crippen LogP contribution in [-0.4, -0.2) is 29.9 Å². The molecule has 0 saturated heterocycles. The van der Waals surface area contributed by atoms with E-state index in [1.165, 1.54) is 4.90 Å². The number of pyridine rings is 1. The van der Waals surface area contributed by atoms with E-state index < -0.39 is 0 Å². The molecule has 1 N–H and O–H groups in total. The minimum Gasteiger partial charge on any atom is -0.482 e. The summed E-state index contributed by atoms with van der Waals surface area (Å²) in [5, 5.41) is 3.35. The van der Waals surface area contributed by atoms with E-state index in [0.717, 1.165) is 5.56 Å². The Morgan fingerprint density at radius 2 is 2.12 bits per heavy atom. The van der Waals surface area contributed by atoms with Gasteiger partial charge in [0.25, 0.3) is 5.91 Å². The van der Waals surface area contributed by atoms with Crippen molar-refractivity contribution in [2.24, 2.45) is 0 Å². The zero-order valence-corrected chi connectivity index (χ0v) is 13.8. The highest BCUT2D eigenvalue weighted by Crippen LogP contribution is 2.34. The average molecular weight is 346 g/mol. The number of halogens is 1. The maximum atomic E-state index is 12.3. The average Bonchev–Trinajstić information content (AvgIpc) is 2.58. The van der Waals surface area contributed by atoms with Gasteiger partial charge in [-0.3, -0.25) is 19.5 Å². The molecular weight excluding hydrogens is 330 g/mol. The first-order valence-electron chi connectivity index (χ1n) is 7.46. The lowest BCUT2D eigenvalue weighted by atomic mass is 10.1. The lowest BCUT2D eigenvalue weighted by Gasteiger charge is -2.29. The van der Waals surface area contributed by atoms with Gasteiger partial charge in [-0.2, -0.15) is 0 Å². The van der Waals surface area contributed by atoms with E-state index in [2.05, 4.69) is 10.3 Å². The number of carbonyl (C=O) groups excluding carboxylic acids is 2. The van der Waals surface area contributed by atoms with E-state index in [4.69, 9.17) is 16.3 Å². The van der Waals surface area contributed by atoms with Gasteiger partial charge in [0.1, 0.15) is 12.3 Å². The van der Waals surface area contributed by atoms with Crippen LogP contribution in [0.1, 0.15) is 18.5 Å². The van der Waals surface area contributed by atoms with Crippen LogP contribution in [0.2, 0.25) is 5.02 Å². The maximum Gasteiger partial charge on any atom is 0.265 e. The summed E-state index contributed by atoms with van der Waals surface area (Å²) in [4.78, 5) is 29.8. The third-order valence-electron chi connectivity index (χ3n) is 3.75. The highest BCUT2D eigenvalue weighted by Gasteiger charge is 2.27. The van der Waals surface area contributed by atoms with Crippen LogP contribution in [0.4, 0.5) is 5.69 Å². The second-order valence-electron chi connectivity index (χ2n) is 5.45. The molecule has 0 saturated carbocycles. The molecule has 3 rings (SSSR count). The number of anilines is 1. The predicted molar refractivity (Wildman–Crippen MR) is 90.1 cm³/mol. The summed E-state index contributed by atoms with van der Waals surface area (Å²) < 4.78 is 5.36. The monoisotopic (exact) mass is 345 g/mol. The summed E-state index contributed by atoms with van der Waals surface area (Å²) >= 11 is 5.99. The van der Waals surface area contributed by atoms with Crippen molar-refractivity contribution < 1.29 is 14.3 Å². The lowest BCUT2D eigenvalue weighted by molar-refractivity contribution is -0.125. The molecule has 7 heteroatoms. The summed E-state index contributed by atoms with van der Waals surface area (Å²) in [5.74, 6) is -0.00838.